The van der Waals surface area contributed by atoms with E-state index in [1.807, 2.05) is 30.0 Å². The summed E-state index contributed by atoms with van der Waals surface area (Å²) in [6, 6.07) is 7.51. The quantitative estimate of drug-likeness (QED) is 0.926. The summed E-state index contributed by atoms with van der Waals surface area (Å²) in [5.74, 6) is 0.507. The molecule has 2 aromatic rings. The second kappa shape index (κ2) is 6.23. The lowest BCUT2D eigenvalue weighted by Gasteiger charge is -2.33. The summed E-state index contributed by atoms with van der Waals surface area (Å²) in [7, 11) is 0. The van der Waals surface area contributed by atoms with Crippen LogP contribution in [0.2, 0.25) is 5.02 Å². The molecule has 0 saturated carbocycles. The molecule has 0 aliphatic carbocycles. The van der Waals surface area contributed by atoms with Crippen LogP contribution >= 0.6 is 11.6 Å². The van der Waals surface area contributed by atoms with E-state index in [0.717, 1.165) is 31.3 Å². The van der Waals surface area contributed by atoms with Crippen molar-refractivity contribution >= 4 is 28.4 Å². The second-order valence-corrected chi connectivity index (χ2v) is 6.45. The summed E-state index contributed by atoms with van der Waals surface area (Å²) in [6.45, 7) is 3.52. The zero-order valence-corrected chi connectivity index (χ0v) is 13.4. The van der Waals surface area contributed by atoms with Gasteiger partial charge in [0.25, 0.3) is 5.91 Å². The Kier molecular flexibility index (Phi) is 4.32. The number of likely N-dealkylation sites (tertiary alicyclic amines) is 1. The first-order valence-corrected chi connectivity index (χ1v) is 8.03. The molecule has 1 saturated heterocycles. The van der Waals surface area contributed by atoms with Crippen LogP contribution in [0.25, 0.3) is 10.9 Å². The van der Waals surface area contributed by atoms with Crippen molar-refractivity contribution in [3.8, 4) is 0 Å². The van der Waals surface area contributed by atoms with Crippen molar-refractivity contribution in [1.82, 2.24) is 9.88 Å². The summed E-state index contributed by atoms with van der Waals surface area (Å²) < 4.78 is 0. The molecule has 116 valence electrons. The lowest BCUT2D eigenvalue weighted by molar-refractivity contribution is 0.0683. The molecule has 0 bridgehead atoms. The van der Waals surface area contributed by atoms with E-state index < -0.39 is 0 Å². The fraction of sp³-hybridized carbons (Fsp3) is 0.412. The predicted molar refractivity (Wildman–Crippen MR) is 89.0 cm³/mol. The smallest absolute Gasteiger partial charge is 0.256 e. The molecule has 1 amide bonds. The number of hydrogen-bond acceptors (Lipinski definition) is 3. The van der Waals surface area contributed by atoms with Gasteiger partial charge in [-0.3, -0.25) is 9.78 Å². The number of nitrogens with two attached hydrogens (primary N) is 1. The summed E-state index contributed by atoms with van der Waals surface area (Å²) in [5.41, 5.74) is 7.26. The van der Waals surface area contributed by atoms with Gasteiger partial charge in [-0.1, -0.05) is 17.7 Å². The number of halogens is 1. The third-order valence-corrected chi connectivity index (χ3v) is 4.69. The number of rotatable bonds is 2. The number of benzene rings is 1. The van der Waals surface area contributed by atoms with Crippen LogP contribution in [0.4, 0.5) is 0 Å². The number of aromatic nitrogens is 1. The molecule has 1 unspecified atom stereocenters. The summed E-state index contributed by atoms with van der Waals surface area (Å²) in [5, 5.41) is 1.46. The molecule has 1 atom stereocenters. The second-order valence-electron chi connectivity index (χ2n) is 6.02. The Morgan fingerprint density at radius 2 is 2.14 bits per heavy atom. The van der Waals surface area contributed by atoms with Gasteiger partial charge in [0.2, 0.25) is 0 Å². The van der Waals surface area contributed by atoms with Gasteiger partial charge in [0.05, 0.1) is 11.1 Å². The van der Waals surface area contributed by atoms with Gasteiger partial charge in [0.1, 0.15) is 0 Å². The van der Waals surface area contributed by atoms with Gasteiger partial charge >= 0.3 is 0 Å². The molecule has 2 N–H and O–H groups in total. The maximum Gasteiger partial charge on any atom is 0.256 e. The molecule has 4 nitrogen and oxygen atoms in total. The first-order chi connectivity index (χ1) is 10.6. The van der Waals surface area contributed by atoms with Crippen molar-refractivity contribution in [3.63, 3.8) is 0 Å². The number of nitrogens with zero attached hydrogens (tertiary/aromatic N) is 2. The number of pyridine rings is 1. The van der Waals surface area contributed by atoms with Crippen LogP contribution in [0.15, 0.2) is 30.5 Å². The maximum atomic E-state index is 12.8. The van der Waals surface area contributed by atoms with E-state index in [1.165, 1.54) is 0 Å². The maximum absolute atomic E-state index is 12.8. The number of piperidine rings is 1. The topological polar surface area (TPSA) is 59.2 Å². The number of hydrogen-bond donors (Lipinski definition) is 1. The highest BCUT2D eigenvalue weighted by molar-refractivity contribution is 6.32. The average Bonchev–Trinajstić information content (AvgIpc) is 2.53. The third-order valence-electron chi connectivity index (χ3n) is 4.47. The number of carbonyl (C=O) groups excluding carboxylic acids is 1. The molecule has 0 spiro atoms. The molecule has 22 heavy (non-hydrogen) atoms. The predicted octanol–water partition coefficient (Wildman–Crippen LogP) is 3.09. The van der Waals surface area contributed by atoms with E-state index >= 15 is 0 Å². The Labute approximate surface area is 135 Å². The highest BCUT2D eigenvalue weighted by atomic mass is 35.5. The first kappa shape index (κ1) is 15.3. The summed E-state index contributed by atoms with van der Waals surface area (Å²) >= 11 is 6.16. The van der Waals surface area contributed by atoms with E-state index in [1.54, 1.807) is 12.3 Å². The van der Waals surface area contributed by atoms with Crippen molar-refractivity contribution in [1.29, 1.82) is 0 Å². The molecule has 1 aliphatic rings. The minimum atomic E-state index is 0.00863. The fourth-order valence-corrected chi connectivity index (χ4v) is 3.34. The normalized spacial score (nSPS) is 17.7. The van der Waals surface area contributed by atoms with E-state index in [2.05, 4.69) is 4.98 Å². The van der Waals surface area contributed by atoms with Crippen LogP contribution in [0.5, 0.6) is 0 Å². The first-order valence-electron chi connectivity index (χ1n) is 7.65. The van der Waals surface area contributed by atoms with Crippen LogP contribution in [0.3, 0.4) is 0 Å². The van der Waals surface area contributed by atoms with Gasteiger partial charge in [0, 0.05) is 35.7 Å². The SMILES string of the molecule is CC(N)C1CCN(C(=O)c2cc(Cl)cc3cccnc23)CC1. The molecule has 1 aliphatic heterocycles. The molecule has 1 fully saturated rings. The van der Waals surface area contributed by atoms with Gasteiger partial charge in [-0.25, -0.2) is 0 Å². The molecule has 3 rings (SSSR count). The zero-order valence-electron chi connectivity index (χ0n) is 12.6. The van der Waals surface area contributed by atoms with Gasteiger partial charge in [0.15, 0.2) is 0 Å². The van der Waals surface area contributed by atoms with Crippen molar-refractivity contribution in [2.45, 2.75) is 25.8 Å². The van der Waals surface area contributed by atoms with E-state index in [0.29, 0.717) is 22.0 Å². The monoisotopic (exact) mass is 317 g/mol. The average molecular weight is 318 g/mol. The van der Waals surface area contributed by atoms with Gasteiger partial charge in [-0.15, -0.1) is 0 Å². The zero-order chi connectivity index (χ0) is 15.7. The highest BCUT2D eigenvalue weighted by Gasteiger charge is 2.26. The van der Waals surface area contributed by atoms with Crippen LogP contribution in [0.1, 0.15) is 30.1 Å². The van der Waals surface area contributed by atoms with E-state index in [-0.39, 0.29) is 11.9 Å². The lowest BCUT2D eigenvalue weighted by Crippen LogP contribution is -2.42. The molecule has 1 aromatic carbocycles. The van der Waals surface area contributed by atoms with E-state index in [4.69, 9.17) is 17.3 Å². The number of amides is 1. The number of fused-ring (bicyclic) bond motifs is 1. The minimum absolute atomic E-state index is 0.00863. The Balaban J connectivity index is 1.87. The third kappa shape index (κ3) is 2.94. The molecular weight excluding hydrogens is 298 g/mol. The van der Waals surface area contributed by atoms with Crippen LogP contribution < -0.4 is 5.73 Å². The summed E-state index contributed by atoms with van der Waals surface area (Å²) in [4.78, 5) is 19.1. The molecule has 1 aromatic heterocycles. The van der Waals surface area contributed by atoms with Crippen molar-refractivity contribution < 1.29 is 4.79 Å². The van der Waals surface area contributed by atoms with E-state index in [9.17, 15) is 4.79 Å². The van der Waals surface area contributed by atoms with Crippen LogP contribution in [-0.4, -0.2) is 34.9 Å². The van der Waals surface area contributed by atoms with Crippen molar-refractivity contribution in [3.05, 3.63) is 41.0 Å². The van der Waals surface area contributed by atoms with Crippen LogP contribution in [0, 0.1) is 5.92 Å². The Morgan fingerprint density at radius 1 is 1.41 bits per heavy atom. The fourth-order valence-electron chi connectivity index (χ4n) is 3.12. The van der Waals surface area contributed by atoms with Gasteiger partial charge in [-0.05, 0) is 43.9 Å². The van der Waals surface area contributed by atoms with Crippen LogP contribution in [-0.2, 0) is 0 Å². The Hall–Kier alpha value is -1.65. The minimum Gasteiger partial charge on any atom is -0.339 e. The molecular formula is C17H20ClN3O. The lowest BCUT2D eigenvalue weighted by atomic mass is 9.90. The van der Waals surface area contributed by atoms with Crippen molar-refractivity contribution in [2.75, 3.05) is 13.1 Å². The molecule has 0 radical (unpaired) electrons. The van der Waals surface area contributed by atoms with Gasteiger partial charge in [-0.2, -0.15) is 0 Å². The Morgan fingerprint density at radius 3 is 2.82 bits per heavy atom. The molecule has 5 heteroatoms. The largest absolute Gasteiger partial charge is 0.339 e. The highest BCUT2D eigenvalue weighted by Crippen LogP contribution is 2.26. The standard InChI is InChI=1S/C17H20ClN3O/c1-11(19)12-4-7-21(8-5-12)17(22)15-10-14(18)9-13-3-2-6-20-16(13)15/h2-3,6,9-12H,4-5,7-8,19H2,1H3. The van der Waals surface area contributed by atoms with Gasteiger partial charge < -0.3 is 10.6 Å². The molecule has 2 heterocycles. The summed E-state index contributed by atoms with van der Waals surface area (Å²) in [6.07, 6.45) is 3.61. The Bertz CT molecular complexity index is 693. The number of carbonyl (C=O) groups is 1. The van der Waals surface area contributed by atoms with Crippen molar-refractivity contribution in [2.24, 2.45) is 11.7 Å².